The average Bonchev–Trinajstić information content (AvgIpc) is 2.22. The molecule has 7 heteroatoms. The van der Waals surface area contributed by atoms with Crippen LogP contribution in [-0.4, -0.2) is 33.3 Å². The smallest absolute Gasteiger partial charge is 0.334 e. The number of pyridine rings is 1. The molecule has 0 saturated carbocycles. The van der Waals surface area contributed by atoms with Crippen molar-refractivity contribution in [3.8, 4) is 0 Å². The van der Waals surface area contributed by atoms with E-state index in [0.717, 1.165) is 0 Å². The summed E-state index contributed by atoms with van der Waals surface area (Å²) in [5.41, 5.74) is 6.06. The van der Waals surface area contributed by atoms with Crippen LogP contribution >= 0.6 is 15.9 Å². The van der Waals surface area contributed by atoms with E-state index in [2.05, 4.69) is 26.2 Å². The Morgan fingerprint density at radius 1 is 1.69 bits per heavy atom. The number of nitrogen functional groups attached to an aromatic ring is 1. The van der Waals surface area contributed by atoms with E-state index in [-0.39, 0.29) is 5.82 Å². The highest BCUT2D eigenvalue weighted by Crippen LogP contribution is 2.21. The first-order valence-electron chi connectivity index (χ1n) is 4.50. The number of aliphatic carboxylic acids is 1. The van der Waals surface area contributed by atoms with Gasteiger partial charge in [-0.15, -0.1) is 0 Å². The first-order chi connectivity index (χ1) is 7.41. The molecule has 0 saturated heterocycles. The van der Waals surface area contributed by atoms with Crippen LogP contribution in [0.15, 0.2) is 16.7 Å². The molecule has 1 aromatic rings. The minimum absolute atomic E-state index is 0.243. The molecule has 0 aliphatic heterocycles. The summed E-state index contributed by atoms with van der Waals surface area (Å²) in [7, 11) is 0. The maximum absolute atomic E-state index is 10.5. The fourth-order valence-corrected chi connectivity index (χ4v) is 1.43. The van der Waals surface area contributed by atoms with Gasteiger partial charge < -0.3 is 21.3 Å². The number of halogens is 1. The Morgan fingerprint density at radius 3 is 2.88 bits per heavy atom. The number of carbonyl (C=O) groups is 1. The molecule has 0 aliphatic rings. The summed E-state index contributed by atoms with van der Waals surface area (Å²) in [5.74, 6) is -1.05. The van der Waals surface area contributed by atoms with Gasteiger partial charge in [0.15, 0.2) is 6.10 Å². The predicted molar refractivity (Wildman–Crippen MR) is 63.1 cm³/mol. The fraction of sp³-hybridized carbons (Fsp3) is 0.333. The zero-order chi connectivity index (χ0) is 12.3. The second kappa shape index (κ2) is 5.13. The van der Waals surface area contributed by atoms with Crippen molar-refractivity contribution in [3.05, 3.63) is 16.7 Å². The molecule has 0 aromatic carbocycles. The summed E-state index contributed by atoms with van der Waals surface area (Å²) in [4.78, 5) is 14.4. The van der Waals surface area contributed by atoms with Gasteiger partial charge in [-0.25, -0.2) is 9.78 Å². The van der Waals surface area contributed by atoms with Crippen molar-refractivity contribution in [3.63, 3.8) is 0 Å². The van der Waals surface area contributed by atoms with Crippen LogP contribution in [0.25, 0.3) is 0 Å². The van der Waals surface area contributed by atoms with E-state index in [9.17, 15) is 9.90 Å². The summed E-state index contributed by atoms with van der Waals surface area (Å²) in [6.07, 6.45) is 0.0251. The lowest BCUT2D eigenvalue weighted by Gasteiger charge is -2.18. The number of carboxylic acid groups (broad SMARTS) is 1. The Kier molecular flexibility index (Phi) is 4.08. The van der Waals surface area contributed by atoms with Gasteiger partial charge >= 0.3 is 5.97 Å². The third-order valence-electron chi connectivity index (χ3n) is 1.99. The predicted octanol–water partition coefficient (Wildman–Crippen LogP) is 0.672. The first-order valence-corrected chi connectivity index (χ1v) is 5.29. The third-order valence-corrected chi connectivity index (χ3v) is 2.43. The lowest BCUT2D eigenvalue weighted by molar-refractivity contribution is -0.147. The van der Waals surface area contributed by atoms with Gasteiger partial charge in [0, 0.05) is 10.7 Å². The van der Waals surface area contributed by atoms with Gasteiger partial charge in [0.05, 0.1) is 11.7 Å². The van der Waals surface area contributed by atoms with Crippen molar-refractivity contribution in [2.45, 2.75) is 19.1 Å². The topological polar surface area (TPSA) is 108 Å². The van der Waals surface area contributed by atoms with Crippen molar-refractivity contribution >= 4 is 33.4 Å². The number of nitrogens with two attached hydrogens (primary N) is 1. The molecular formula is C9H12BrN3O3. The molecule has 1 rings (SSSR count). The second-order valence-corrected chi connectivity index (χ2v) is 4.22. The molecule has 0 fully saturated rings. The molecule has 0 bridgehead atoms. The number of nitrogens with one attached hydrogen (secondary N) is 1. The molecular weight excluding hydrogens is 278 g/mol. The number of anilines is 2. The number of aliphatic hydroxyl groups is 1. The maximum atomic E-state index is 10.5. The van der Waals surface area contributed by atoms with Gasteiger partial charge in [-0.2, -0.15) is 0 Å². The molecule has 1 aromatic heterocycles. The maximum Gasteiger partial charge on any atom is 0.334 e. The highest BCUT2D eigenvalue weighted by atomic mass is 79.9. The van der Waals surface area contributed by atoms with E-state index in [1.165, 1.54) is 6.20 Å². The number of hydrogen-bond donors (Lipinski definition) is 4. The molecule has 0 aliphatic carbocycles. The van der Waals surface area contributed by atoms with E-state index in [1.807, 2.05) is 0 Å². The Hall–Kier alpha value is -1.34. The highest BCUT2D eigenvalue weighted by Gasteiger charge is 2.22. The number of carboxylic acids is 1. The molecule has 0 spiro atoms. The van der Waals surface area contributed by atoms with Gasteiger partial charge in [-0.05, 0) is 28.9 Å². The SMILES string of the molecule is CC(Nc1cc(Br)cnc1N)C(O)C(=O)O. The number of aromatic nitrogens is 1. The number of nitrogens with zero attached hydrogens (tertiary/aromatic N) is 1. The molecule has 16 heavy (non-hydrogen) atoms. The summed E-state index contributed by atoms with van der Waals surface area (Å²) >= 11 is 3.22. The van der Waals surface area contributed by atoms with Crippen molar-refractivity contribution < 1.29 is 15.0 Å². The summed E-state index contributed by atoms with van der Waals surface area (Å²) < 4.78 is 0.709. The van der Waals surface area contributed by atoms with Crippen LogP contribution in [0.4, 0.5) is 11.5 Å². The molecule has 6 nitrogen and oxygen atoms in total. The number of hydrogen-bond acceptors (Lipinski definition) is 5. The summed E-state index contributed by atoms with van der Waals surface area (Å²) in [5, 5.41) is 20.7. The molecule has 88 valence electrons. The number of rotatable bonds is 4. The van der Waals surface area contributed by atoms with Crippen LogP contribution in [0.2, 0.25) is 0 Å². The lowest BCUT2D eigenvalue weighted by atomic mass is 10.2. The summed E-state index contributed by atoms with van der Waals surface area (Å²) in [6.45, 7) is 1.54. The van der Waals surface area contributed by atoms with Crippen LogP contribution in [0.5, 0.6) is 0 Å². The van der Waals surface area contributed by atoms with E-state index in [1.54, 1.807) is 13.0 Å². The zero-order valence-corrected chi connectivity index (χ0v) is 10.1. The highest BCUT2D eigenvalue weighted by molar-refractivity contribution is 9.10. The van der Waals surface area contributed by atoms with Crippen LogP contribution in [0.3, 0.4) is 0 Å². The van der Waals surface area contributed by atoms with Crippen molar-refractivity contribution in [1.82, 2.24) is 4.98 Å². The minimum atomic E-state index is -1.50. The molecule has 2 unspecified atom stereocenters. The standard InChI is InChI=1S/C9H12BrN3O3/c1-4(7(14)9(15)16)13-6-2-5(10)3-12-8(6)11/h2-4,7,13-14H,1H3,(H2,11,12)(H,15,16). The van der Waals surface area contributed by atoms with Crippen LogP contribution < -0.4 is 11.1 Å². The van der Waals surface area contributed by atoms with E-state index >= 15 is 0 Å². The number of aliphatic hydroxyl groups excluding tert-OH is 1. The Labute approximate surface area is 101 Å². The third kappa shape index (κ3) is 3.07. The van der Waals surface area contributed by atoms with Crippen molar-refractivity contribution in [2.24, 2.45) is 0 Å². The Morgan fingerprint density at radius 2 is 2.31 bits per heavy atom. The largest absolute Gasteiger partial charge is 0.479 e. The molecule has 0 radical (unpaired) electrons. The minimum Gasteiger partial charge on any atom is -0.479 e. The Bertz CT molecular complexity index is 400. The second-order valence-electron chi connectivity index (χ2n) is 3.30. The Balaban J connectivity index is 2.80. The van der Waals surface area contributed by atoms with E-state index in [0.29, 0.717) is 10.2 Å². The van der Waals surface area contributed by atoms with Crippen molar-refractivity contribution in [2.75, 3.05) is 11.1 Å². The zero-order valence-electron chi connectivity index (χ0n) is 8.51. The van der Waals surface area contributed by atoms with Gasteiger partial charge in [0.25, 0.3) is 0 Å². The average molecular weight is 290 g/mol. The van der Waals surface area contributed by atoms with E-state index < -0.39 is 18.1 Å². The van der Waals surface area contributed by atoms with Gasteiger partial charge in [-0.1, -0.05) is 0 Å². The normalized spacial score (nSPS) is 14.2. The summed E-state index contributed by atoms with van der Waals surface area (Å²) in [6, 6.07) is 0.990. The molecule has 2 atom stereocenters. The van der Waals surface area contributed by atoms with Gasteiger partial charge in [0.2, 0.25) is 0 Å². The van der Waals surface area contributed by atoms with Crippen molar-refractivity contribution in [1.29, 1.82) is 0 Å². The first kappa shape index (κ1) is 12.7. The van der Waals surface area contributed by atoms with Gasteiger partial charge in [0.1, 0.15) is 5.82 Å². The van der Waals surface area contributed by atoms with E-state index in [4.69, 9.17) is 10.8 Å². The molecule has 5 N–H and O–H groups in total. The van der Waals surface area contributed by atoms with Gasteiger partial charge in [-0.3, -0.25) is 0 Å². The molecule has 1 heterocycles. The fourth-order valence-electron chi connectivity index (χ4n) is 1.10. The van der Waals surface area contributed by atoms with Crippen LogP contribution in [0.1, 0.15) is 6.92 Å². The van der Waals surface area contributed by atoms with Crippen LogP contribution in [-0.2, 0) is 4.79 Å². The molecule has 0 amide bonds. The quantitative estimate of drug-likeness (QED) is 0.649. The van der Waals surface area contributed by atoms with Crippen LogP contribution in [0, 0.1) is 0 Å². The lowest BCUT2D eigenvalue weighted by Crippen LogP contribution is -2.37. The monoisotopic (exact) mass is 289 g/mol.